The van der Waals surface area contributed by atoms with Gasteiger partial charge in [0.2, 0.25) is 0 Å². The highest BCUT2D eigenvalue weighted by Crippen LogP contribution is 2.20. The fourth-order valence-corrected chi connectivity index (χ4v) is 1.70. The second kappa shape index (κ2) is 6.19. The van der Waals surface area contributed by atoms with Gasteiger partial charge in [-0.25, -0.2) is 9.78 Å². The number of esters is 1. The number of hydrogen-bond acceptors (Lipinski definition) is 5. The fraction of sp³-hybridized carbons (Fsp3) is 0.400. The maximum absolute atomic E-state index is 11.4. The molecule has 0 saturated carbocycles. The van der Waals surface area contributed by atoms with Gasteiger partial charge in [0, 0.05) is 6.54 Å². The largest absolute Gasteiger partial charge is 0.461 e. The summed E-state index contributed by atoms with van der Waals surface area (Å²) in [6.45, 7) is 6.51. The molecule has 0 spiro atoms. The van der Waals surface area contributed by atoms with Gasteiger partial charge in [0.05, 0.1) is 12.1 Å². The zero-order valence-electron chi connectivity index (χ0n) is 8.66. The predicted molar refractivity (Wildman–Crippen MR) is 61.4 cm³/mol. The van der Waals surface area contributed by atoms with Crippen LogP contribution in [0.1, 0.15) is 23.8 Å². The summed E-state index contributed by atoms with van der Waals surface area (Å²) in [6.07, 6.45) is 2.66. The second-order valence-corrected chi connectivity index (χ2v) is 3.61. The fourth-order valence-electron chi connectivity index (χ4n) is 1.00. The minimum Gasteiger partial charge on any atom is -0.461 e. The van der Waals surface area contributed by atoms with Gasteiger partial charge in [-0.1, -0.05) is 6.08 Å². The number of ether oxygens (including phenoxy) is 1. The smallest absolute Gasteiger partial charge is 0.360 e. The molecule has 0 aliphatic carbocycles. The van der Waals surface area contributed by atoms with Crippen molar-refractivity contribution in [2.75, 3.05) is 18.5 Å². The SMILES string of the molecule is C=CCCNc1scnc1C(=O)OCC. The first kappa shape index (κ1) is 11.7. The molecule has 0 saturated heterocycles. The Labute approximate surface area is 93.0 Å². The van der Waals surface area contributed by atoms with Crippen molar-refractivity contribution < 1.29 is 9.53 Å². The first-order valence-corrected chi connectivity index (χ1v) is 5.63. The number of thiazole rings is 1. The monoisotopic (exact) mass is 226 g/mol. The molecule has 15 heavy (non-hydrogen) atoms. The van der Waals surface area contributed by atoms with Gasteiger partial charge in [0.25, 0.3) is 0 Å². The van der Waals surface area contributed by atoms with Crippen LogP contribution in [0.25, 0.3) is 0 Å². The molecule has 1 rings (SSSR count). The van der Waals surface area contributed by atoms with Crippen molar-refractivity contribution in [3.63, 3.8) is 0 Å². The highest BCUT2D eigenvalue weighted by Gasteiger charge is 2.15. The molecule has 0 aromatic carbocycles. The summed E-state index contributed by atoms with van der Waals surface area (Å²) in [4.78, 5) is 15.4. The molecule has 4 nitrogen and oxygen atoms in total. The Kier molecular flexibility index (Phi) is 4.83. The minimum atomic E-state index is -0.375. The molecule has 0 bridgehead atoms. The van der Waals surface area contributed by atoms with Gasteiger partial charge < -0.3 is 10.1 Å². The van der Waals surface area contributed by atoms with Crippen LogP contribution in [0.2, 0.25) is 0 Å². The molecule has 0 fully saturated rings. The molecule has 0 amide bonds. The molecule has 0 aliphatic heterocycles. The molecule has 1 heterocycles. The Hall–Kier alpha value is -1.36. The van der Waals surface area contributed by atoms with Crippen molar-refractivity contribution in [3.8, 4) is 0 Å². The van der Waals surface area contributed by atoms with Crippen LogP contribution in [-0.4, -0.2) is 24.1 Å². The van der Waals surface area contributed by atoms with E-state index in [9.17, 15) is 4.79 Å². The number of anilines is 1. The van der Waals surface area contributed by atoms with Crippen LogP contribution < -0.4 is 5.32 Å². The summed E-state index contributed by atoms with van der Waals surface area (Å²) in [5.74, 6) is -0.375. The summed E-state index contributed by atoms with van der Waals surface area (Å²) in [5, 5.41) is 3.88. The zero-order chi connectivity index (χ0) is 11.1. The quantitative estimate of drug-likeness (QED) is 0.459. The van der Waals surface area contributed by atoms with Crippen LogP contribution >= 0.6 is 11.3 Å². The summed E-state index contributed by atoms with van der Waals surface area (Å²) in [7, 11) is 0. The zero-order valence-corrected chi connectivity index (χ0v) is 9.47. The van der Waals surface area contributed by atoms with Gasteiger partial charge in [-0.05, 0) is 13.3 Å². The van der Waals surface area contributed by atoms with Crippen molar-refractivity contribution in [1.82, 2.24) is 4.98 Å². The molecular formula is C10H14N2O2S. The highest BCUT2D eigenvalue weighted by molar-refractivity contribution is 7.14. The van der Waals surface area contributed by atoms with E-state index < -0.39 is 0 Å². The number of hydrogen-bond donors (Lipinski definition) is 1. The highest BCUT2D eigenvalue weighted by atomic mass is 32.1. The lowest BCUT2D eigenvalue weighted by molar-refractivity contribution is 0.0521. The van der Waals surface area contributed by atoms with Crippen LogP contribution in [-0.2, 0) is 4.74 Å². The topological polar surface area (TPSA) is 51.2 Å². The molecule has 1 N–H and O–H groups in total. The number of nitrogens with zero attached hydrogens (tertiary/aromatic N) is 1. The second-order valence-electron chi connectivity index (χ2n) is 2.75. The first-order valence-electron chi connectivity index (χ1n) is 4.75. The summed E-state index contributed by atoms with van der Waals surface area (Å²) >= 11 is 1.40. The van der Waals surface area contributed by atoms with Gasteiger partial charge in [-0.3, -0.25) is 0 Å². The number of aromatic nitrogens is 1. The number of nitrogens with one attached hydrogen (secondary N) is 1. The van der Waals surface area contributed by atoms with Crippen molar-refractivity contribution in [2.24, 2.45) is 0 Å². The van der Waals surface area contributed by atoms with Gasteiger partial charge in [0.15, 0.2) is 5.69 Å². The predicted octanol–water partition coefficient (Wildman–Crippen LogP) is 2.31. The van der Waals surface area contributed by atoms with Gasteiger partial charge in [-0.2, -0.15) is 0 Å². The van der Waals surface area contributed by atoms with E-state index in [4.69, 9.17) is 4.74 Å². The molecule has 5 heteroatoms. The van der Waals surface area contributed by atoms with E-state index in [0.29, 0.717) is 12.3 Å². The van der Waals surface area contributed by atoms with Crippen LogP contribution in [0, 0.1) is 0 Å². The van der Waals surface area contributed by atoms with Crippen molar-refractivity contribution in [2.45, 2.75) is 13.3 Å². The third-order valence-corrected chi connectivity index (χ3v) is 2.45. The molecule has 82 valence electrons. The van der Waals surface area contributed by atoms with Crippen LogP contribution in [0.15, 0.2) is 18.2 Å². The summed E-state index contributed by atoms with van der Waals surface area (Å²) < 4.78 is 4.88. The standard InChI is InChI=1S/C10H14N2O2S/c1-3-5-6-11-9-8(12-7-15-9)10(13)14-4-2/h3,7,11H,1,4-6H2,2H3. The normalized spacial score (nSPS) is 9.67. The first-order chi connectivity index (χ1) is 7.29. The van der Waals surface area contributed by atoms with E-state index in [1.165, 1.54) is 11.3 Å². The van der Waals surface area contributed by atoms with E-state index in [1.54, 1.807) is 12.4 Å². The van der Waals surface area contributed by atoms with Gasteiger partial charge in [-0.15, -0.1) is 17.9 Å². The van der Waals surface area contributed by atoms with Crippen LogP contribution in [0.4, 0.5) is 5.00 Å². The van der Waals surface area contributed by atoms with Crippen molar-refractivity contribution in [1.29, 1.82) is 0 Å². The lowest BCUT2D eigenvalue weighted by Gasteiger charge is -2.03. The van der Waals surface area contributed by atoms with E-state index in [1.807, 2.05) is 6.08 Å². The van der Waals surface area contributed by atoms with Gasteiger partial charge >= 0.3 is 5.97 Å². The molecule has 1 aromatic rings. The molecule has 0 atom stereocenters. The van der Waals surface area contributed by atoms with E-state index in [-0.39, 0.29) is 5.97 Å². The molecule has 0 aliphatic rings. The average Bonchev–Trinajstić information content (AvgIpc) is 2.67. The van der Waals surface area contributed by atoms with Crippen LogP contribution in [0.3, 0.4) is 0 Å². The third-order valence-electron chi connectivity index (χ3n) is 1.67. The summed E-state index contributed by atoms with van der Waals surface area (Å²) in [6, 6.07) is 0. The Morgan fingerprint density at radius 1 is 1.80 bits per heavy atom. The lowest BCUT2D eigenvalue weighted by atomic mass is 10.4. The Balaban J connectivity index is 2.60. The Morgan fingerprint density at radius 2 is 2.60 bits per heavy atom. The number of carbonyl (C=O) groups excluding carboxylic acids is 1. The minimum absolute atomic E-state index is 0.364. The Morgan fingerprint density at radius 3 is 3.27 bits per heavy atom. The Bertz CT molecular complexity index is 336. The van der Waals surface area contributed by atoms with Gasteiger partial charge in [0.1, 0.15) is 5.00 Å². The third kappa shape index (κ3) is 3.36. The maximum Gasteiger partial charge on any atom is 0.360 e. The van der Waals surface area contributed by atoms with Crippen LogP contribution in [0.5, 0.6) is 0 Å². The molecule has 1 aromatic heterocycles. The summed E-state index contributed by atoms with van der Waals surface area (Å²) in [5.41, 5.74) is 1.99. The lowest BCUT2D eigenvalue weighted by Crippen LogP contribution is -2.09. The molecule has 0 radical (unpaired) electrons. The molecule has 0 unspecified atom stereocenters. The molecular weight excluding hydrogens is 212 g/mol. The van der Waals surface area contributed by atoms with E-state index >= 15 is 0 Å². The average molecular weight is 226 g/mol. The maximum atomic E-state index is 11.4. The number of carbonyl (C=O) groups is 1. The van der Waals surface area contributed by atoms with Crippen molar-refractivity contribution >= 4 is 22.3 Å². The van der Waals surface area contributed by atoms with Crippen molar-refractivity contribution in [3.05, 3.63) is 23.9 Å². The van der Waals surface area contributed by atoms with E-state index in [2.05, 4.69) is 16.9 Å². The number of rotatable bonds is 6. The van der Waals surface area contributed by atoms with E-state index in [0.717, 1.165) is 18.0 Å².